The first-order chi connectivity index (χ1) is 19.5. The summed E-state index contributed by atoms with van der Waals surface area (Å²) < 4.78 is 81.2. The lowest BCUT2D eigenvalue weighted by Gasteiger charge is -2.44. The quantitative estimate of drug-likeness (QED) is 0.339. The Labute approximate surface area is 241 Å². The lowest BCUT2D eigenvalue weighted by molar-refractivity contribution is -0.143. The van der Waals surface area contributed by atoms with Crippen LogP contribution < -0.4 is 5.73 Å². The Morgan fingerprint density at radius 3 is 2.17 bits per heavy atom. The standard InChI is InChI=1S/C31H34F6N4O/c1-20-6-7-22(11-21(20)2)12-27-18-40(19-29(3,38)16-23-5-4-8-39-17-23)9-10-41(27)28(42)24-13-25(30(32,33)34)15-26(14-24)31(35,36)37/h4-8,11,13-15,17,27H,9-10,12,16,18-19,38H2,1-3H3. The minimum Gasteiger partial charge on any atom is -0.333 e. The molecule has 1 aliphatic heterocycles. The number of aryl methyl sites for hydroxylation is 2. The Morgan fingerprint density at radius 2 is 1.60 bits per heavy atom. The molecular weight excluding hydrogens is 558 g/mol. The van der Waals surface area contributed by atoms with E-state index in [1.54, 1.807) is 12.4 Å². The summed E-state index contributed by atoms with van der Waals surface area (Å²) in [5, 5.41) is 0. The van der Waals surface area contributed by atoms with E-state index in [1.165, 1.54) is 4.90 Å². The molecule has 42 heavy (non-hydrogen) atoms. The van der Waals surface area contributed by atoms with Gasteiger partial charge in [-0.2, -0.15) is 26.3 Å². The number of nitrogens with two attached hydrogens (primary N) is 1. The molecule has 5 nitrogen and oxygen atoms in total. The van der Waals surface area contributed by atoms with Crippen molar-refractivity contribution in [3.63, 3.8) is 0 Å². The van der Waals surface area contributed by atoms with E-state index < -0.39 is 46.5 Å². The highest BCUT2D eigenvalue weighted by Crippen LogP contribution is 2.37. The Hall–Kier alpha value is -3.44. The van der Waals surface area contributed by atoms with Crippen LogP contribution in [0.5, 0.6) is 0 Å². The fraction of sp³-hybridized carbons (Fsp3) is 0.419. The third-order valence-electron chi connectivity index (χ3n) is 7.62. The molecule has 2 N–H and O–H groups in total. The van der Waals surface area contributed by atoms with Crippen molar-refractivity contribution in [2.75, 3.05) is 26.2 Å². The predicted octanol–water partition coefficient (Wildman–Crippen LogP) is 6.07. The van der Waals surface area contributed by atoms with Gasteiger partial charge in [0, 0.05) is 55.7 Å². The molecule has 2 heterocycles. The van der Waals surface area contributed by atoms with Crippen LogP contribution in [0.2, 0.25) is 0 Å². The maximum Gasteiger partial charge on any atom is 0.416 e. The van der Waals surface area contributed by atoms with Crippen LogP contribution in [-0.2, 0) is 25.2 Å². The minimum atomic E-state index is -5.05. The number of rotatable bonds is 7. The van der Waals surface area contributed by atoms with Crippen LogP contribution >= 0.6 is 0 Å². The Morgan fingerprint density at radius 1 is 0.929 bits per heavy atom. The molecule has 3 aromatic rings. The summed E-state index contributed by atoms with van der Waals surface area (Å²) in [5.74, 6) is -0.869. The average molecular weight is 593 g/mol. The summed E-state index contributed by atoms with van der Waals surface area (Å²) in [7, 11) is 0. The van der Waals surface area contributed by atoms with Crippen LogP contribution in [0.3, 0.4) is 0 Å². The van der Waals surface area contributed by atoms with Crippen LogP contribution in [0.15, 0.2) is 60.9 Å². The molecule has 2 atom stereocenters. The summed E-state index contributed by atoms with van der Waals surface area (Å²) in [5.41, 5.74) is 6.32. The first-order valence-corrected chi connectivity index (χ1v) is 13.6. The second-order valence-electron chi connectivity index (χ2n) is 11.5. The van der Waals surface area contributed by atoms with E-state index in [4.69, 9.17) is 5.73 Å². The minimum absolute atomic E-state index is 0.0334. The van der Waals surface area contributed by atoms with E-state index in [2.05, 4.69) is 9.88 Å². The van der Waals surface area contributed by atoms with Gasteiger partial charge in [0.2, 0.25) is 0 Å². The number of halogens is 6. The zero-order chi connectivity index (χ0) is 30.9. The molecule has 0 saturated carbocycles. The van der Waals surface area contributed by atoms with E-state index in [0.717, 1.165) is 22.3 Å². The first-order valence-electron chi connectivity index (χ1n) is 13.6. The maximum absolute atomic E-state index is 13.7. The lowest BCUT2D eigenvalue weighted by atomic mass is 9.92. The number of amides is 1. The molecule has 226 valence electrons. The third kappa shape index (κ3) is 7.89. The van der Waals surface area contributed by atoms with Gasteiger partial charge in [-0.25, -0.2) is 0 Å². The number of benzene rings is 2. The van der Waals surface area contributed by atoms with Crippen molar-refractivity contribution in [2.45, 2.75) is 57.5 Å². The fourth-order valence-electron chi connectivity index (χ4n) is 5.49. The molecular formula is C31H34F6N4O. The number of pyridine rings is 1. The lowest BCUT2D eigenvalue weighted by Crippen LogP contribution is -2.60. The van der Waals surface area contributed by atoms with Gasteiger partial charge in [0.25, 0.3) is 5.91 Å². The van der Waals surface area contributed by atoms with Crippen LogP contribution in [0.1, 0.15) is 50.7 Å². The van der Waals surface area contributed by atoms with Gasteiger partial charge >= 0.3 is 12.4 Å². The van der Waals surface area contributed by atoms with Gasteiger partial charge in [0.1, 0.15) is 0 Å². The van der Waals surface area contributed by atoms with Gasteiger partial charge in [-0.3, -0.25) is 14.7 Å². The van der Waals surface area contributed by atoms with Crippen LogP contribution in [0.25, 0.3) is 0 Å². The maximum atomic E-state index is 13.7. The predicted molar refractivity (Wildman–Crippen MR) is 148 cm³/mol. The van der Waals surface area contributed by atoms with E-state index in [-0.39, 0.29) is 12.6 Å². The normalized spacial score (nSPS) is 18.1. The highest BCUT2D eigenvalue weighted by Gasteiger charge is 2.39. The molecule has 0 bridgehead atoms. The van der Waals surface area contributed by atoms with Crippen molar-refractivity contribution in [3.8, 4) is 0 Å². The van der Waals surface area contributed by atoms with E-state index in [9.17, 15) is 31.1 Å². The summed E-state index contributed by atoms with van der Waals surface area (Å²) in [6.07, 6.45) is -5.76. The van der Waals surface area contributed by atoms with E-state index >= 15 is 0 Å². The smallest absolute Gasteiger partial charge is 0.333 e. The van der Waals surface area contributed by atoms with E-state index in [1.807, 2.05) is 51.1 Å². The van der Waals surface area contributed by atoms with Crippen LogP contribution in [0.4, 0.5) is 26.3 Å². The number of aromatic nitrogens is 1. The number of piperazine rings is 1. The second kappa shape index (κ2) is 12.0. The molecule has 1 saturated heterocycles. The van der Waals surface area contributed by atoms with Crippen LogP contribution in [-0.4, -0.2) is 58.5 Å². The zero-order valence-electron chi connectivity index (χ0n) is 23.7. The summed E-state index contributed by atoms with van der Waals surface area (Å²) >= 11 is 0. The second-order valence-corrected chi connectivity index (χ2v) is 11.5. The third-order valence-corrected chi connectivity index (χ3v) is 7.62. The number of alkyl halides is 6. The molecule has 1 fully saturated rings. The molecule has 11 heteroatoms. The largest absolute Gasteiger partial charge is 0.416 e. The van der Waals surface area contributed by atoms with Crippen molar-refractivity contribution in [3.05, 3.63) is 99.9 Å². The summed E-state index contributed by atoms with van der Waals surface area (Å²) in [6.45, 7) is 7.13. The number of carbonyl (C=O) groups is 1. The number of hydrogen-bond acceptors (Lipinski definition) is 4. The monoisotopic (exact) mass is 592 g/mol. The van der Waals surface area contributed by atoms with Crippen molar-refractivity contribution < 1.29 is 31.1 Å². The van der Waals surface area contributed by atoms with Gasteiger partial charge in [-0.15, -0.1) is 0 Å². The Bertz CT molecular complexity index is 1370. The topological polar surface area (TPSA) is 62.5 Å². The Balaban J connectivity index is 1.63. The molecule has 0 spiro atoms. The van der Waals surface area contributed by atoms with Crippen molar-refractivity contribution >= 4 is 5.91 Å². The highest BCUT2D eigenvalue weighted by molar-refractivity contribution is 5.95. The molecule has 1 amide bonds. The molecule has 2 unspecified atom stereocenters. The number of hydrogen-bond donors (Lipinski definition) is 1. The number of nitrogens with zero attached hydrogens (tertiary/aromatic N) is 3. The fourth-order valence-corrected chi connectivity index (χ4v) is 5.49. The van der Waals surface area contributed by atoms with Gasteiger partial charge in [0.05, 0.1) is 11.1 Å². The van der Waals surface area contributed by atoms with E-state index in [0.29, 0.717) is 44.6 Å². The molecule has 2 aromatic carbocycles. The first kappa shape index (κ1) is 31.5. The molecule has 0 radical (unpaired) electrons. The van der Waals surface area contributed by atoms with Crippen LogP contribution in [0, 0.1) is 13.8 Å². The molecule has 1 aliphatic rings. The van der Waals surface area contributed by atoms with Gasteiger partial charge in [-0.05, 0) is 80.1 Å². The van der Waals surface area contributed by atoms with Crippen molar-refractivity contribution in [1.82, 2.24) is 14.8 Å². The summed E-state index contributed by atoms with van der Waals surface area (Å²) in [6, 6.07) is 10.1. The zero-order valence-corrected chi connectivity index (χ0v) is 23.7. The van der Waals surface area contributed by atoms with Gasteiger partial charge in [0.15, 0.2) is 0 Å². The molecule has 0 aliphatic carbocycles. The van der Waals surface area contributed by atoms with Gasteiger partial charge < -0.3 is 10.6 Å². The van der Waals surface area contributed by atoms with Crippen molar-refractivity contribution in [2.24, 2.45) is 5.73 Å². The summed E-state index contributed by atoms with van der Waals surface area (Å²) in [4.78, 5) is 21.3. The van der Waals surface area contributed by atoms with Crippen molar-refractivity contribution in [1.29, 1.82) is 0 Å². The molecule has 4 rings (SSSR count). The Kier molecular flexibility index (Phi) is 9.03. The molecule has 1 aromatic heterocycles. The number of carbonyl (C=O) groups excluding carboxylic acids is 1. The SMILES string of the molecule is Cc1ccc(CC2CN(CC(C)(N)Cc3cccnc3)CCN2C(=O)c2cc(C(F)(F)F)cc(C(F)(F)F)c2)cc1C. The average Bonchev–Trinajstić information content (AvgIpc) is 2.89. The highest BCUT2D eigenvalue weighted by atomic mass is 19.4. The van der Waals surface area contributed by atoms with Gasteiger partial charge in [-0.1, -0.05) is 24.3 Å².